The normalized spacial score (nSPS) is 6.44. The number of hydrogen-bond donors (Lipinski definition) is 0. The summed E-state index contributed by atoms with van der Waals surface area (Å²) in [6, 6.07) is 0. The molecule has 0 aliphatic heterocycles. The summed E-state index contributed by atoms with van der Waals surface area (Å²) in [5, 5.41) is 0. The Balaban J connectivity index is -0.0000000133. The molecule has 63 valence electrons. The third-order valence-electron chi connectivity index (χ3n) is 0. The Bertz CT molecular complexity index is 92.1. The average molecular weight is 209 g/mol. The van der Waals surface area contributed by atoms with E-state index in [9.17, 15) is 0 Å². The molecular formula is H6CoO7S. The molecule has 0 unspecified atom stereocenters. The Morgan fingerprint density at radius 1 is 0.889 bits per heavy atom. The van der Waals surface area contributed by atoms with Gasteiger partial charge in [0.05, 0.1) is 0 Å². The van der Waals surface area contributed by atoms with Crippen LogP contribution in [0.2, 0.25) is 0 Å². The van der Waals surface area contributed by atoms with Crippen LogP contribution < -0.4 is 0 Å². The van der Waals surface area contributed by atoms with Crippen LogP contribution in [0.3, 0.4) is 0 Å². The maximum Gasteiger partial charge on any atom is 2.00 e. The molecule has 0 amide bonds. The predicted molar refractivity (Wildman–Crippen MR) is 21.3 cm³/mol. The molecule has 0 saturated carbocycles. The molecule has 9 heteroatoms. The van der Waals surface area contributed by atoms with Crippen molar-refractivity contribution in [1.29, 1.82) is 0 Å². The fraction of sp³-hybridized carbons (Fsp3) is 0. The SMILES string of the molecule is O.O.O.O=S(=O)([O-])[O-].[Co+2]. The second kappa shape index (κ2) is 11.1. The minimum absolute atomic E-state index is 0. The first-order valence-electron chi connectivity index (χ1n) is 0.667. The Hall–Kier alpha value is 0.256. The van der Waals surface area contributed by atoms with E-state index < -0.39 is 10.4 Å². The van der Waals surface area contributed by atoms with Gasteiger partial charge in [0.25, 0.3) is 0 Å². The van der Waals surface area contributed by atoms with Crippen molar-refractivity contribution in [2.24, 2.45) is 0 Å². The summed E-state index contributed by atoms with van der Waals surface area (Å²) in [6.45, 7) is 0. The standard InChI is InChI=1S/Co.H2O4S.3H2O/c;1-5(2,3)4;;;/h;(H2,1,2,3,4);3*1H2/q+2;;;;/p-2. The van der Waals surface area contributed by atoms with Crippen LogP contribution in [0.4, 0.5) is 0 Å². The second-order valence-corrected chi connectivity index (χ2v) is 1.22. The molecule has 0 spiro atoms. The minimum Gasteiger partial charge on any atom is -0.759 e. The van der Waals surface area contributed by atoms with Crippen LogP contribution in [0.1, 0.15) is 0 Å². The number of hydrogen-bond acceptors (Lipinski definition) is 4. The molecule has 0 saturated heterocycles. The Kier molecular flexibility index (Phi) is 43.0. The molecule has 6 N–H and O–H groups in total. The van der Waals surface area contributed by atoms with E-state index in [2.05, 4.69) is 0 Å². The summed E-state index contributed by atoms with van der Waals surface area (Å²) < 4.78 is 34.1. The summed E-state index contributed by atoms with van der Waals surface area (Å²) in [6.07, 6.45) is 0. The van der Waals surface area contributed by atoms with Gasteiger partial charge in [0.1, 0.15) is 0 Å². The summed E-state index contributed by atoms with van der Waals surface area (Å²) in [5.41, 5.74) is 0. The second-order valence-electron chi connectivity index (χ2n) is 0.408. The van der Waals surface area contributed by atoms with Gasteiger partial charge in [-0.1, -0.05) is 0 Å². The number of rotatable bonds is 0. The van der Waals surface area contributed by atoms with Crippen molar-refractivity contribution >= 4 is 10.4 Å². The van der Waals surface area contributed by atoms with Crippen LogP contribution in [0, 0.1) is 0 Å². The van der Waals surface area contributed by atoms with E-state index in [0.717, 1.165) is 0 Å². The summed E-state index contributed by atoms with van der Waals surface area (Å²) in [7, 11) is -5.17. The molecule has 0 aromatic carbocycles. The van der Waals surface area contributed by atoms with Gasteiger partial charge in [-0.3, -0.25) is 8.42 Å². The maximum atomic E-state index is 8.52. The zero-order valence-corrected chi connectivity index (χ0v) is 5.73. The first-order chi connectivity index (χ1) is 2.00. The average Bonchev–Trinajstić information content (AvgIpc) is 0.722. The smallest absolute Gasteiger partial charge is 0.759 e. The molecule has 0 aliphatic rings. The summed E-state index contributed by atoms with van der Waals surface area (Å²) in [5.74, 6) is 0. The molecule has 0 atom stereocenters. The molecule has 1 radical (unpaired) electrons. The van der Waals surface area contributed by atoms with E-state index in [-0.39, 0.29) is 33.2 Å². The van der Waals surface area contributed by atoms with E-state index in [1.54, 1.807) is 0 Å². The van der Waals surface area contributed by atoms with Gasteiger partial charge < -0.3 is 25.5 Å². The monoisotopic (exact) mass is 209 g/mol. The van der Waals surface area contributed by atoms with Crippen LogP contribution in [-0.4, -0.2) is 34.0 Å². The third-order valence-corrected chi connectivity index (χ3v) is 0. The zero-order valence-electron chi connectivity index (χ0n) is 3.87. The fourth-order valence-corrected chi connectivity index (χ4v) is 0. The van der Waals surface area contributed by atoms with E-state index in [4.69, 9.17) is 17.5 Å². The quantitative estimate of drug-likeness (QED) is 0.293. The van der Waals surface area contributed by atoms with Gasteiger partial charge in [-0.05, 0) is 0 Å². The molecular weight excluding hydrogens is 203 g/mol. The van der Waals surface area contributed by atoms with Gasteiger partial charge in [-0.15, -0.1) is 0 Å². The third kappa shape index (κ3) is 4910. The first-order valence-corrected chi connectivity index (χ1v) is 2.00. The fourth-order valence-electron chi connectivity index (χ4n) is 0. The molecule has 0 rings (SSSR count). The van der Waals surface area contributed by atoms with Gasteiger partial charge in [-0.2, -0.15) is 0 Å². The predicted octanol–water partition coefficient (Wildman–Crippen LogP) is -3.81. The van der Waals surface area contributed by atoms with Crippen molar-refractivity contribution in [1.82, 2.24) is 0 Å². The van der Waals surface area contributed by atoms with Crippen molar-refractivity contribution in [2.45, 2.75) is 0 Å². The van der Waals surface area contributed by atoms with Crippen molar-refractivity contribution in [3.05, 3.63) is 0 Å². The summed E-state index contributed by atoms with van der Waals surface area (Å²) >= 11 is 0. The van der Waals surface area contributed by atoms with Gasteiger partial charge in [0, 0.05) is 10.4 Å². The largest absolute Gasteiger partial charge is 2.00 e. The molecule has 0 aromatic heterocycles. The van der Waals surface area contributed by atoms with E-state index in [1.165, 1.54) is 0 Å². The molecule has 0 heterocycles. The topological polar surface area (TPSA) is 175 Å². The van der Waals surface area contributed by atoms with Crippen LogP contribution in [0.15, 0.2) is 0 Å². The van der Waals surface area contributed by atoms with E-state index >= 15 is 0 Å². The van der Waals surface area contributed by atoms with Crippen molar-refractivity contribution in [3.8, 4) is 0 Å². The van der Waals surface area contributed by atoms with E-state index in [1.807, 2.05) is 0 Å². The molecule has 0 fully saturated rings. The van der Waals surface area contributed by atoms with Gasteiger partial charge >= 0.3 is 16.8 Å². The van der Waals surface area contributed by atoms with Crippen LogP contribution in [0.25, 0.3) is 0 Å². The Morgan fingerprint density at radius 3 is 0.889 bits per heavy atom. The van der Waals surface area contributed by atoms with Crippen LogP contribution in [-0.2, 0) is 27.2 Å². The minimum atomic E-state index is -5.17. The maximum absolute atomic E-state index is 8.52. The van der Waals surface area contributed by atoms with Gasteiger partial charge in [0.2, 0.25) is 0 Å². The van der Waals surface area contributed by atoms with Crippen LogP contribution >= 0.6 is 0 Å². The van der Waals surface area contributed by atoms with Crippen molar-refractivity contribution < 1.29 is 50.7 Å². The van der Waals surface area contributed by atoms with Gasteiger partial charge in [-0.25, -0.2) is 0 Å². The Labute approximate surface area is 61.8 Å². The molecule has 0 aliphatic carbocycles. The molecule has 0 aromatic rings. The Morgan fingerprint density at radius 2 is 0.889 bits per heavy atom. The molecule has 7 nitrogen and oxygen atoms in total. The van der Waals surface area contributed by atoms with Crippen molar-refractivity contribution in [3.63, 3.8) is 0 Å². The first kappa shape index (κ1) is 34.8. The van der Waals surface area contributed by atoms with Crippen LogP contribution in [0.5, 0.6) is 0 Å². The van der Waals surface area contributed by atoms with Gasteiger partial charge in [0.15, 0.2) is 0 Å². The van der Waals surface area contributed by atoms with Crippen molar-refractivity contribution in [2.75, 3.05) is 0 Å². The molecule has 0 bridgehead atoms. The zero-order chi connectivity index (χ0) is 4.50. The summed E-state index contributed by atoms with van der Waals surface area (Å²) in [4.78, 5) is 0. The van der Waals surface area contributed by atoms with E-state index in [0.29, 0.717) is 0 Å². The molecule has 9 heavy (non-hydrogen) atoms.